The zero-order chi connectivity index (χ0) is 23.0. The van der Waals surface area contributed by atoms with Crippen LogP contribution >= 0.6 is 11.8 Å². The quantitative estimate of drug-likeness (QED) is 0.464. The predicted molar refractivity (Wildman–Crippen MR) is 120 cm³/mol. The molecule has 0 radical (unpaired) electrons. The molecule has 162 valence electrons. The molecule has 3 aromatic heterocycles. The first-order chi connectivity index (χ1) is 15.3. The molecule has 0 fully saturated rings. The molecular weight excluding hydrogens is 429 g/mol. The van der Waals surface area contributed by atoms with Crippen molar-refractivity contribution in [3.05, 3.63) is 64.5 Å². The Kier molecular flexibility index (Phi) is 5.67. The zero-order valence-electron chi connectivity index (χ0n) is 18.0. The van der Waals surface area contributed by atoms with E-state index in [0.717, 1.165) is 22.8 Å². The summed E-state index contributed by atoms with van der Waals surface area (Å²) < 4.78 is 17.0. The third kappa shape index (κ3) is 3.83. The van der Waals surface area contributed by atoms with E-state index in [4.69, 9.17) is 0 Å². The fourth-order valence-corrected chi connectivity index (χ4v) is 4.35. The fraction of sp³-hybridized carbons (Fsp3) is 0.227. The second-order valence-corrected chi connectivity index (χ2v) is 8.26. The van der Waals surface area contributed by atoms with Crippen molar-refractivity contribution in [3.8, 4) is 11.8 Å². The number of fused-ring (bicyclic) bond motifs is 1. The van der Waals surface area contributed by atoms with Crippen molar-refractivity contribution in [3.63, 3.8) is 0 Å². The molecule has 1 amide bonds. The molecule has 0 atom stereocenters. The Bertz CT molecular complexity index is 1380. The van der Waals surface area contributed by atoms with Crippen LogP contribution < -0.4 is 5.32 Å². The van der Waals surface area contributed by atoms with Gasteiger partial charge >= 0.3 is 0 Å². The van der Waals surface area contributed by atoms with Gasteiger partial charge in [-0.1, -0.05) is 11.8 Å². The van der Waals surface area contributed by atoms with Crippen LogP contribution in [0.1, 0.15) is 28.3 Å². The summed E-state index contributed by atoms with van der Waals surface area (Å²) in [5, 5.41) is 21.4. The fourth-order valence-electron chi connectivity index (χ4n) is 3.57. The second-order valence-electron chi connectivity index (χ2n) is 7.32. The van der Waals surface area contributed by atoms with Gasteiger partial charge in [-0.2, -0.15) is 5.26 Å². The summed E-state index contributed by atoms with van der Waals surface area (Å²) in [4.78, 5) is 17.2. The van der Waals surface area contributed by atoms with Crippen molar-refractivity contribution in [2.24, 2.45) is 0 Å². The Labute approximate surface area is 188 Å². The molecule has 0 aliphatic heterocycles. The molecule has 0 aliphatic carbocycles. The minimum atomic E-state index is -0.363. The SMILES string of the molecule is Cc1cc2nnc(SCC(=O)Nc3c(C#N)c(C)c(C)n3-c3ccc(F)cc3)n2c(C)n1. The van der Waals surface area contributed by atoms with Gasteiger partial charge in [-0.3, -0.25) is 13.8 Å². The molecule has 10 heteroatoms. The lowest BCUT2D eigenvalue weighted by molar-refractivity contribution is -0.113. The maximum atomic E-state index is 13.4. The Hall–Kier alpha value is -3.71. The average molecular weight is 450 g/mol. The van der Waals surface area contributed by atoms with Crippen molar-refractivity contribution in [2.45, 2.75) is 32.9 Å². The van der Waals surface area contributed by atoms with Crippen LogP contribution in [0.4, 0.5) is 10.2 Å². The van der Waals surface area contributed by atoms with Crippen LogP contribution in [0.3, 0.4) is 0 Å². The number of nitrogens with zero attached hydrogens (tertiary/aromatic N) is 6. The van der Waals surface area contributed by atoms with E-state index >= 15 is 0 Å². The summed E-state index contributed by atoms with van der Waals surface area (Å²) in [6.45, 7) is 7.41. The minimum absolute atomic E-state index is 0.0612. The lowest BCUT2D eigenvalue weighted by Crippen LogP contribution is -2.18. The normalized spacial score (nSPS) is 11.0. The van der Waals surface area contributed by atoms with Crippen LogP contribution in [0.15, 0.2) is 35.5 Å². The highest BCUT2D eigenvalue weighted by atomic mass is 32.2. The first-order valence-corrected chi connectivity index (χ1v) is 10.8. The number of carbonyl (C=O) groups is 1. The van der Waals surface area contributed by atoms with Crippen molar-refractivity contribution in [2.75, 3.05) is 11.1 Å². The molecule has 32 heavy (non-hydrogen) atoms. The number of benzene rings is 1. The molecule has 0 saturated carbocycles. The third-order valence-electron chi connectivity index (χ3n) is 5.16. The number of hydrogen-bond donors (Lipinski definition) is 1. The van der Waals surface area contributed by atoms with Gasteiger partial charge in [0.25, 0.3) is 0 Å². The van der Waals surface area contributed by atoms with Gasteiger partial charge in [0.15, 0.2) is 10.8 Å². The zero-order valence-corrected chi connectivity index (χ0v) is 18.8. The Morgan fingerprint density at radius 3 is 2.59 bits per heavy atom. The molecule has 4 aromatic rings. The Balaban J connectivity index is 1.61. The number of nitrogens with one attached hydrogen (secondary N) is 1. The number of carbonyl (C=O) groups excluding carboxylic acids is 1. The molecule has 3 heterocycles. The van der Waals surface area contributed by atoms with E-state index in [0.29, 0.717) is 27.9 Å². The van der Waals surface area contributed by atoms with Crippen LogP contribution in [0.5, 0.6) is 0 Å². The van der Waals surface area contributed by atoms with Crippen LogP contribution in [-0.2, 0) is 4.79 Å². The molecule has 0 unspecified atom stereocenters. The van der Waals surface area contributed by atoms with Gasteiger partial charge in [-0.25, -0.2) is 9.37 Å². The number of hydrogen-bond acceptors (Lipinski definition) is 6. The van der Waals surface area contributed by atoms with Gasteiger partial charge in [-0.05, 0) is 57.5 Å². The predicted octanol–water partition coefficient (Wildman–Crippen LogP) is 3.89. The van der Waals surface area contributed by atoms with E-state index in [-0.39, 0.29) is 17.5 Å². The summed E-state index contributed by atoms with van der Waals surface area (Å²) in [6.07, 6.45) is 0. The maximum absolute atomic E-state index is 13.4. The van der Waals surface area contributed by atoms with Gasteiger partial charge in [0.1, 0.15) is 23.5 Å². The number of thioether (sulfide) groups is 1. The summed E-state index contributed by atoms with van der Waals surface area (Å²) >= 11 is 1.23. The van der Waals surface area contributed by atoms with Crippen LogP contribution in [0.2, 0.25) is 0 Å². The maximum Gasteiger partial charge on any atom is 0.236 e. The smallest absolute Gasteiger partial charge is 0.236 e. The van der Waals surface area contributed by atoms with Crippen LogP contribution in [0, 0.1) is 44.8 Å². The molecule has 4 rings (SSSR count). The summed E-state index contributed by atoms with van der Waals surface area (Å²) in [6, 6.07) is 9.88. The van der Waals surface area contributed by atoms with E-state index in [2.05, 4.69) is 26.6 Å². The highest BCUT2D eigenvalue weighted by Crippen LogP contribution is 2.30. The molecule has 1 aromatic carbocycles. The van der Waals surface area contributed by atoms with Crippen molar-refractivity contribution in [1.29, 1.82) is 5.26 Å². The molecule has 0 aliphatic rings. The Morgan fingerprint density at radius 1 is 1.19 bits per heavy atom. The topological polar surface area (TPSA) is 101 Å². The van der Waals surface area contributed by atoms with Gasteiger partial charge < -0.3 is 5.32 Å². The lowest BCUT2D eigenvalue weighted by atomic mass is 10.2. The van der Waals surface area contributed by atoms with Crippen molar-refractivity contribution >= 4 is 29.1 Å². The van der Waals surface area contributed by atoms with Gasteiger partial charge in [-0.15, -0.1) is 10.2 Å². The molecule has 0 bridgehead atoms. The van der Waals surface area contributed by atoms with Crippen molar-refractivity contribution < 1.29 is 9.18 Å². The van der Waals surface area contributed by atoms with Gasteiger partial charge in [0, 0.05) is 23.1 Å². The van der Waals surface area contributed by atoms with E-state index in [1.54, 1.807) is 21.1 Å². The van der Waals surface area contributed by atoms with Crippen molar-refractivity contribution in [1.82, 2.24) is 24.1 Å². The highest BCUT2D eigenvalue weighted by molar-refractivity contribution is 7.99. The monoisotopic (exact) mass is 449 g/mol. The van der Waals surface area contributed by atoms with E-state index in [1.165, 1.54) is 23.9 Å². The molecule has 0 spiro atoms. The standard InChI is InChI=1S/C22H20FN7OS/c1-12-9-19-27-28-22(30(19)15(4)25-12)32-11-20(31)26-21-18(10-24)13(2)14(3)29(21)17-7-5-16(23)6-8-17/h5-9H,11H2,1-4H3,(H,26,31). The highest BCUT2D eigenvalue weighted by Gasteiger charge is 2.21. The number of amides is 1. The van der Waals surface area contributed by atoms with E-state index < -0.39 is 0 Å². The van der Waals surface area contributed by atoms with Gasteiger partial charge in [0.05, 0.1) is 11.3 Å². The van der Waals surface area contributed by atoms with E-state index in [1.807, 2.05) is 33.8 Å². The van der Waals surface area contributed by atoms with Crippen LogP contribution in [-0.4, -0.2) is 35.8 Å². The number of halogens is 1. The first-order valence-electron chi connectivity index (χ1n) is 9.80. The Morgan fingerprint density at radius 2 is 1.91 bits per heavy atom. The molecule has 8 nitrogen and oxygen atoms in total. The van der Waals surface area contributed by atoms with Gasteiger partial charge in [0.2, 0.25) is 5.91 Å². The number of aryl methyl sites for hydroxylation is 2. The summed E-state index contributed by atoms with van der Waals surface area (Å²) in [7, 11) is 0. The summed E-state index contributed by atoms with van der Waals surface area (Å²) in [5.74, 6) is 0.488. The molecular formula is C22H20FN7OS. The average Bonchev–Trinajstić information content (AvgIpc) is 3.26. The van der Waals surface area contributed by atoms with Crippen LogP contribution in [0.25, 0.3) is 11.3 Å². The largest absolute Gasteiger partial charge is 0.310 e. The summed E-state index contributed by atoms with van der Waals surface area (Å²) in [5.41, 5.74) is 4.07. The number of nitriles is 1. The number of aromatic nitrogens is 5. The van der Waals surface area contributed by atoms with E-state index in [9.17, 15) is 14.4 Å². The second kappa shape index (κ2) is 8.43. The number of anilines is 1. The lowest BCUT2D eigenvalue weighted by Gasteiger charge is -2.13. The molecule has 0 saturated heterocycles. The molecule has 1 N–H and O–H groups in total. The minimum Gasteiger partial charge on any atom is -0.310 e. The first kappa shape index (κ1) is 21.5. The third-order valence-corrected chi connectivity index (χ3v) is 6.09. The number of rotatable bonds is 5.